The van der Waals surface area contributed by atoms with Crippen molar-refractivity contribution in [2.24, 2.45) is 0 Å². The van der Waals surface area contributed by atoms with Gasteiger partial charge < -0.3 is 0 Å². The van der Waals surface area contributed by atoms with Gasteiger partial charge in [-0.3, -0.25) is 0 Å². The summed E-state index contributed by atoms with van der Waals surface area (Å²) in [7, 11) is -2.13. The van der Waals surface area contributed by atoms with Gasteiger partial charge in [-0.15, -0.1) is 0 Å². The van der Waals surface area contributed by atoms with Crippen molar-refractivity contribution in [1.82, 2.24) is 0 Å². The van der Waals surface area contributed by atoms with Crippen LogP contribution in [0.3, 0.4) is 0 Å². The molecule has 0 saturated carbocycles. The second-order valence-corrected chi connectivity index (χ2v) is 18.5. The van der Waals surface area contributed by atoms with Crippen molar-refractivity contribution >= 4 is 61.5 Å². The fourth-order valence-electron chi connectivity index (χ4n) is 8.28. The fraction of sp³-hybridized carbons (Fsp3) is 0.0417. The molecule has 1 heterocycles. The third kappa shape index (κ3) is 4.50. The van der Waals surface area contributed by atoms with Crippen LogP contribution in [0.5, 0.6) is 0 Å². The van der Waals surface area contributed by atoms with E-state index < -0.39 is 8.07 Å². The lowest BCUT2D eigenvalue weighted by Gasteiger charge is -2.35. The average Bonchev–Trinajstić information content (AvgIpc) is 3.15. The number of rotatable bonds is 3. The van der Waals surface area contributed by atoms with E-state index in [-0.39, 0.29) is 0 Å². The zero-order valence-electron chi connectivity index (χ0n) is 27.7. The first kappa shape index (κ1) is 28.3. The van der Waals surface area contributed by atoms with Crippen molar-refractivity contribution in [3.8, 4) is 44.5 Å². The minimum Gasteiger partial charge on any atom is -0.0616 e. The van der Waals surface area contributed by atoms with E-state index in [1.807, 2.05) is 0 Å². The zero-order valence-corrected chi connectivity index (χ0v) is 28.7. The number of fused-ring (bicyclic) bond motifs is 5. The molecule has 0 amide bonds. The molecule has 49 heavy (non-hydrogen) atoms. The SMILES string of the molecule is C[Si]1(C)c2cc(-c3ccc4ccccc4c3)ccc2-c2cc(-c3ccc4ccccc4c3)cc3cc(-c4ccc5ccccc5c4)cc1c23. The lowest BCUT2D eigenvalue weighted by molar-refractivity contribution is 1.59. The summed E-state index contributed by atoms with van der Waals surface area (Å²) in [6.07, 6.45) is 0. The molecule has 0 radical (unpaired) electrons. The molecule has 0 aliphatic carbocycles. The van der Waals surface area contributed by atoms with Crippen LogP contribution in [0.2, 0.25) is 13.1 Å². The second-order valence-electron chi connectivity index (χ2n) is 14.2. The van der Waals surface area contributed by atoms with Crippen molar-refractivity contribution in [2.75, 3.05) is 0 Å². The largest absolute Gasteiger partial charge is 0.113 e. The van der Waals surface area contributed by atoms with E-state index in [1.165, 1.54) is 98.0 Å². The lowest BCUT2D eigenvalue weighted by Crippen LogP contribution is -2.56. The molecule has 0 bridgehead atoms. The van der Waals surface area contributed by atoms with Gasteiger partial charge in [0.25, 0.3) is 0 Å². The normalized spacial score (nSPS) is 13.3. The summed E-state index contributed by atoms with van der Waals surface area (Å²) in [5.41, 5.74) is 10.4. The Morgan fingerprint density at radius 1 is 0.286 bits per heavy atom. The minimum atomic E-state index is -2.13. The maximum Gasteiger partial charge on any atom is 0.113 e. The van der Waals surface area contributed by atoms with Gasteiger partial charge >= 0.3 is 0 Å². The van der Waals surface area contributed by atoms with Crippen LogP contribution in [0, 0.1) is 0 Å². The molecule has 0 N–H and O–H groups in total. The van der Waals surface area contributed by atoms with Crippen LogP contribution in [0.4, 0.5) is 0 Å². The lowest BCUT2D eigenvalue weighted by atomic mass is 9.89. The van der Waals surface area contributed by atoms with Crippen molar-refractivity contribution in [3.05, 3.63) is 170 Å². The smallest absolute Gasteiger partial charge is 0.0616 e. The number of benzene rings is 9. The van der Waals surface area contributed by atoms with Crippen molar-refractivity contribution in [2.45, 2.75) is 13.1 Å². The third-order valence-corrected chi connectivity index (χ3v) is 14.5. The van der Waals surface area contributed by atoms with Crippen LogP contribution < -0.4 is 10.4 Å². The summed E-state index contributed by atoms with van der Waals surface area (Å²) in [6, 6.07) is 63.9. The summed E-state index contributed by atoms with van der Waals surface area (Å²) in [5.74, 6) is 0. The summed E-state index contributed by atoms with van der Waals surface area (Å²) >= 11 is 0. The Morgan fingerprint density at radius 2 is 0.673 bits per heavy atom. The van der Waals surface area contributed by atoms with Gasteiger partial charge in [0.1, 0.15) is 8.07 Å². The maximum absolute atomic E-state index is 2.55. The van der Waals surface area contributed by atoms with Gasteiger partial charge in [-0.25, -0.2) is 0 Å². The minimum absolute atomic E-state index is 1.26. The van der Waals surface area contributed by atoms with E-state index in [0.29, 0.717) is 0 Å². The van der Waals surface area contributed by atoms with Gasteiger partial charge in [0.2, 0.25) is 0 Å². The quantitative estimate of drug-likeness (QED) is 0.169. The molecule has 1 heteroatoms. The molecule has 230 valence electrons. The van der Waals surface area contributed by atoms with Crippen LogP contribution in [-0.2, 0) is 0 Å². The second kappa shape index (κ2) is 10.6. The van der Waals surface area contributed by atoms with E-state index >= 15 is 0 Å². The van der Waals surface area contributed by atoms with Crippen LogP contribution in [0.15, 0.2) is 170 Å². The molecule has 1 aliphatic rings. The summed E-state index contributed by atoms with van der Waals surface area (Å²) < 4.78 is 0. The number of hydrogen-bond donors (Lipinski definition) is 0. The zero-order chi connectivity index (χ0) is 32.7. The standard InChI is InChI=1S/C48H34Si/c1-49(2)46-29-40(37-18-15-31-9-3-6-12-34(31)23-37)21-22-44(46)45-28-41(38-19-16-32-10-4-7-13-35(32)24-38)26-43-27-42(30-47(49)48(43)45)39-20-17-33-11-5-8-14-36(33)25-39/h3-30H,1-2H3. The first-order chi connectivity index (χ1) is 24.0. The molecule has 0 saturated heterocycles. The summed E-state index contributed by atoms with van der Waals surface area (Å²) in [4.78, 5) is 0. The first-order valence-corrected chi connectivity index (χ1v) is 20.2. The van der Waals surface area contributed by atoms with Crippen molar-refractivity contribution < 1.29 is 0 Å². The van der Waals surface area contributed by atoms with Crippen LogP contribution in [-0.4, -0.2) is 8.07 Å². The summed E-state index contributed by atoms with van der Waals surface area (Å²) in [5, 5.41) is 13.5. The van der Waals surface area contributed by atoms with E-state index in [0.717, 1.165) is 0 Å². The topological polar surface area (TPSA) is 0 Å². The fourth-order valence-corrected chi connectivity index (χ4v) is 11.4. The highest BCUT2D eigenvalue weighted by Crippen LogP contribution is 2.41. The predicted octanol–water partition coefficient (Wildman–Crippen LogP) is 12.1. The van der Waals surface area contributed by atoms with Crippen molar-refractivity contribution in [3.63, 3.8) is 0 Å². The van der Waals surface area contributed by atoms with Gasteiger partial charge in [0.15, 0.2) is 0 Å². The Balaban J connectivity index is 1.23. The van der Waals surface area contributed by atoms with Gasteiger partial charge in [-0.05, 0) is 134 Å². The molecule has 9 aromatic carbocycles. The molecule has 0 spiro atoms. The molecular formula is C48H34Si. The molecular weight excluding hydrogens is 605 g/mol. The molecule has 0 fully saturated rings. The molecule has 1 aliphatic heterocycles. The highest BCUT2D eigenvalue weighted by Gasteiger charge is 2.36. The Kier molecular flexibility index (Phi) is 6.13. The molecule has 9 aromatic rings. The highest BCUT2D eigenvalue weighted by molar-refractivity contribution is 7.03. The van der Waals surface area contributed by atoms with E-state index in [4.69, 9.17) is 0 Å². The van der Waals surface area contributed by atoms with Crippen LogP contribution in [0.1, 0.15) is 0 Å². The van der Waals surface area contributed by atoms with Crippen molar-refractivity contribution in [1.29, 1.82) is 0 Å². The van der Waals surface area contributed by atoms with E-state index in [2.05, 4.69) is 183 Å². The monoisotopic (exact) mass is 638 g/mol. The highest BCUT2D eigenvalue weighted by atomic mass is 28.3. The third-order valence-electron chi connectivity index (χ3n) is 11.0. The van der Waals surface area contributed by atoms with Crippen LogP contribution >= 0.6 is 0 Å². The maximum atomic E-state index is 2.55. The first-order valence-electron chi connectivity index (χ1n) is 17.2. The predicted molar refractivity (Wildman–Crippen MR) is 215 cm³/mol. The molecule has 0 nitrogen and oxygen atoms in total. The average molecular weight is 639 g/mol. The van der Waals surface area contributed by atoms with E-state index in [9.17, 15) is 0 Å². The van der Waals surface area contributed by atoms with E-state index in [1.54, 1.807) is 0 Å². The number of hydrogen-bond acceptors (Lipinski definition) is 0. The van der Waals surface area contributed by atoms with Gasteiger partial charge in [0, 0.05) is 0 Å². The van der Waals surface area contributed by atoms with Gasteiger partial charge in [0.05, 0.1) is 0 Å². The Bertz CT molecular complexity index is 2800. The van der Waals surface area contributed by atoms with Gasteiger partial charge in [-0.2, -0.15) is 0 Å². The molecule has 0 aromatic heterocycles. The Labute approximate surface area is 287 Å². The molecule has 10 rings (SSSR count). The molecule has 0 atom stereocenters. The summed E-state index contributed by atoms with van der Waals surface area (Å²) in [6.45, 7) is 5.10. The Hall–Kier alpha value is -5.76. The van der Waals surface area contributed by atoms with Crippen LogP contribution in [0.25, 0.3) is 87.6 Å². The van der Waals surface area contributed by atoms with Gasteiger partial charge in [-0.1, -0.05) is 147 Å². The molecule has 0 unspecified atom stereocenters. The Morgan fingerprint density at radius 3 is 1.20 bits per heavy atom.